The van der Waals surface area contributed by atoms with Crippen molar-refractivity contribution in [3.05, 3.63) is 30.1 Å². The average molecular weight is 276 g/mol. The summed E-state index contributed by atoms with van der Waals surface area (Å²) in [7, 11) is 0. The van der Waals surface area contributed by atoms with E-state index in [0.717, 1.165) is 23.3 Å². The smallest absolute Gasteiger partial charge is 0.124 e. The molecule has 0 amide bonds. The van der Waals surface area contributed by atoms with Crippen molar-refractivity contribution in [3.8, 4) is 0 Å². The van der Waals surface area contributed by atoms with E-state index in [-0.39, 0.29) is 30.9 Å². The fourth-order valence-electron chi connectivity index (χ4n) is 1.65. The second kappa shape index (κ2) is 6.84. The maximum Gasteiger partial charge on any atom is 0.124 e. The van der Waals surface area contributed by atoms with Crippen LogP contribution in [0.4, 0.5) is 0 Å². The highest BCUT2D eigenvalue weighted by Crippen LogP contribution is 2.21. The van der Waals surface area contributed by atoms with Gasteiger partial charge in [0.2, 0.25) is 0 Å². The van der Waals surface area contributed by atoms with E-state index in [1.807, 2.05) is 24.3 Å². The van der Waals surface area contributed by atoms with E-state index < -0.39 is 0 Å². The molecule has 2 atom stereocenters. The molecule has 1 aromatic heterocycles. The molecular formula is C12H19Cl2N3. The first-order chi connectivity index (χ1) is 7.22. The molecule has 0 radical (unpaired) electrons. The summed E-state index contributed by atoms with van der Waals surface area (Å²) >= 11 is 0. The number of hydrogen-bond donors (Lipinski definition) is 2. The zero-order chi connectivity index (χ0) is 10.8. The second-order valence-electron chi connectivity index (χ2n) is 4.05. The zero-order valence-corrected chi connectivity index (χ0v) is 11.6. The largest absolute Gasteiger partial charge is 0.341 e. The van der Waals surface area contributed by atoms with Crippen LogP contribution in [0.1, 0.15) is 32.1 Å². The summed E-state index contributed by atoms with van der Waals surface area (Å²) in [6.45, 7) is 4.30. The molecule has 3 N–H and O–H groups in total. The van der Waals surface area contributed by atoms with Gasteiger partial charge in [0.15, 0.2) is 0 Å². The number of hydrogen-bond acceptors (Lipinski definition) is 2. The van der Waals surface area contributed by atoms with E-state index in [1.54, 1.807) is 0 Å². The van der Waals surface area contributed by atoms with Crippen LogP contribution in [0, 0.1) is 5.92 Å². The van der Waals surface area contributed by atoms with Crippen LogP contribution in [0.25, 0.3) is 11.0 Å². The lowest BCUT2D eigenvalue weighted by Gasteiger charge is -2.15. The Morgan fingerprint density at radius 3 is 2.53 bits per heavy atom. The van der Waals surface area contributed by atoms with E-state index in [2.05, 4.69) is 23.8 Å². The molecule has 1 aromatic carbocycles. The van der Waals surface area contributed by atoms with Crippen LogP contribution >= 0.6 is 24.8 Å². The van der Waals surface area contributed by atoms with Crippen LogP contribution in [-0.2, 0) is 0 Å². The van der Waals surface area contributed by atoms with Gasteiger partial charge in [-0.25, -0.2) is 4.98 Å². The van der Waals surface area contributed by atoms with Crippen LogP contribution in [0.15, 0.2) is 24.3 Å². The maximum atomic E-state index is 6.12. The highest BCUT2D eigenvalue weighted by molar-refractivity contribution is 5.85. The van der Waals surface area contributed by atoms with Gasteiger partial charge in [-0.05, 0) is 18.1 Å². The fraction of sp³-hybridized carbons (Fsp3) is 0.417. The molecular weight excluding hydrogens is 257 g/mol. The summed E-state index contributed by atoms with van der Waals surface area (Å²) in [6.07, 6.45) is 1.07. The molecule has 0 aliphatic carbocycles. The number of rotatable bonds is 3. The van der Waals surface area contributed by atoms with Crippen molar-refractivity contribution in [2.75, 3.05) is 0 Å². The molecule has 5 heteroatoms. The number of nitrogens with zero attached hydrogens (tertiary/aromatic N) is 1. The van der Waals surface area contributed by atoms with Crippen LogP contribution in [0.5, 0.6) is 0 Å². The molecule has 0 bridgehead atoms. The Kier molecular flexibility index (Phi) is 6.53. The predicted octanol–water partition coefficient (Wildman–Crippen LogP) is 3.45. The van der Waals surface area contributed by atoms with Gasteiger partial charge in [0.1, 0.15) is 5.82 Å². The Hall–Kier alpha value is -0.770. The number of aromatic nitrogens is 2. The first kappa shape index (κ1) is 16.2. The lowest BCUT2D eigenvalue weighted by molar-refractivity contribution is 0.442. The molecule has 0 saturated carbocycles. The fourth-order valence-corrected chi connectivity index (χ4v) is 1.65. The van der Waals surface area contributed by atoms with Crippen LogP contribution in [0.3, 0.4) is 0 Å². The number of imidazole rings is 1. The third-order valence-electron chi connectivity index (χ3n) is 2.98. The van der Waals surface area contributed by atoms with Crippen molar-refractivity contribution in [1.82, 2.24) is 9.97 Å². The van der Waals surface area contributed by atoms with Crippen molar-refractivity contribution in [2.24, 2.45) is 11.7 Å². The SMILES string of the molecule is CCC(C)C(N)c1nc2ccccc2[nH]1.Cl.Cl. The maximum absolute atomic E-state index is 6.12. The van der Waals surface area contributed by atoms with Gasteiger partial charge in [-0.2, -0.15) is 0 Å². The number of fused-ring (bicyclic) bond motifs is 1. The number of benzene rings is 1. The van der Waals surface area contributed by atoms with Crippen LogP contribution in [-0.4, -0.2) is 9.97 Å². The van der Waals surface area contributed by atoms with E-state index in [4.69, 9.17) is 5.73 Å². The predicted molar refractivity (Wildman–Crippen MR) is 77.0 cm³/mol. The summed E-state index contributed by atoms with van der Waals surface area (Å²) in [5.74, 6) is 1.34. The van der Waals surface area contributed by atoms with Gasteiger partial charge in [-0.15, -0.1) is 24.8 Å². The molecule has 0 spiro atoms. The lowest BCUT2D eigenvalue weighted by Crippen LogP contribution is -2.19. The zero-order valence-electron chi connectivity index (χ0n) is 10.0. The van der Waals surface area contributed by atoms with Gasteiger partial charge in [-0.3, -0.25) is 0 Å². The van der Waals surface area contributed by atoms with Crippen molar-refractivity contribution in [1.29, 1.82) is 0 Å². The van der Waals surface area contributed by atoms with Crippen molar-refractivity contribution in [3.63, 3.8) is 0 Å². The Morgan fingerprint density at radius 2 is 1.94 bits per heavy atom. The second-order valence-corrected chi connectivity index (χ2v) is 4.05. The van der Waals surface area contributed by atoms with E-state index in [1.165, 1.54) is 0 Å². The number of nitrogens with one attached hydrogen (secondary N) is 1. The number of halogens is 2. The normalized spacial score (nSPS) is 13.6. The van der Waals surface area contributed by atoms with Gasteiger partial charge in [0.25, 0.3) is 0 Å². The molecule has 0 saturated heterocycles. The van der Waals surface area contributed by atoms with E-state index in [0.29, 0.717) is 5.92 Å². The monoisotopic (exact) mass is 275 g/mol. The standard InChI is InChI=1S/C12H17N3.2ClH/c1-3-8(2)11(13)12-14-9-6-4-5-7-10(9)15-12;;/h4-8,11H,3,13H2,1-2H3,(H,14,15);2*1H. The van der Waals surface area contributed by atoms with E-state index >= 15 is 0 Å². The third-order valence-corrected chi connectivity index (χ3v) is 2.98. The Labute approximate surface area is 114 Å². The van der Waals surface area contributed by atoms with Crippen molar-refractivity contribution < 1.29 is 0 Å². The molecule has 0 fully saturated rings. The number of nitrogens with two attached hydrogens (primary N) is 1. The van der Waals surface area contributed by atoms with Gasteiger partial charge >= 0.3 is 0 Å². The van der Waals surface area contributed by atoms with Crippen LogP contribution < -0.4 is 5.73 Å². The first-order valence-corrected chi connectivity index (χ1v) is 5.42. The molecule has 96 valence electrons. The van der Waals surface area contributed by atoms with Crippen LogP contribution in [0.2, 0.25) is 0 Å². The molecule has 0 aliphatic rings. The van der Waals surface area contributed by atoms with Crippen molar-refractivity contribution in [2.45, 2.75) is 26.3 Å². The Bertz CT molecular complexity index is 423. The minimum atomic E-state index is 0. The minimum absolute atomic E-state index is 0. The molecule has 2 unspecified atom stereocenters. The van der Waals surface area contributed by atoms with E-state index in [9.17, 15) is 0 Å². The van der Waals surface area contributed by atoms with Crippen molar-refractivity contribution >= 4 is 35.8 Å². The minimum Gasteiger partial charge on any atom is -0.341 e. The lowest BCUT2D eigenvalue weighted by atomic mass is 10.00. The molecule has 2 rings (SSSR count). The third kappa shape index (κ3) is 3.35. The Balaban J connectivity index is 0.00000128. The highest BCUT2D eigenvalue weighted by Gasteiger charge is 2.16. The molecule has 1 heterocycles. The Morgan fingerprint density at radius 1 is 1.29 bits per heavy atom. The van der Waals surface area contributed by atoms with Gasteiger partial charge in [0, 0.05) is 0 Å². The molecule has 0 aliphatic heterocycles. The first-order valence-electron chi connectivity index (χ1n) is 5.42. The summed E-state index contributed by atoms with van der Waals surface area (Å²) in [5.41, 5.74) is 8.17. The summed E-state index contributed by atoms with van der Waals surface area (Å²) < 4.78 is 0. The quantitative estimate of drug-likeness (QED) is 0.902. The average Bonchev–Trinajstić information content (AvgIpc) is 2.70. The molecule has 2 aromatic rings. The van der Waals surface area contributed by atoms with Gasteiger partial charge in [-0.1, -0.05) is 32.4 Å². The molecule has 17 heavy (non-hydrogen) atoms. The summed E-state index contributed by atoms with van der Waals surface area (Å²) in [6, 6.07) is 8.01. The number of para-hydroxylation sites is 2. The summed E-state index contributed by atoms with van der Waals surface area (Å²) in [5, 5.41) is 0. The van der Waals surface area contributed by atoms with Gasteiger partial charge < -0.3 is 10.7 Å². The highest BCUT2D eigenvalue weighted by atomic mass is 35.5. The topological polar surface area (TPSA) is 54.7 Å². The summed E-state index contributed by atoms with van der Waals surface area (Å²) in [4.78, 5) is 7.78. The number of H-pyrrole nitrogens is 1. The van der Waals surface area contributed by atoms with Gasteiger partial charge in [0.05, 0.1) is 17.1 Å². The number of aromatic amines is 1. The molecule has 3 nitrogen and oxygen atoms in total.